The summed E-state index contributed by atoms with van der Waals surface area (Å²) in [5.41, 5.74) is 0.989. The van der Waals surface area contributed by atoms with Gasteiger partial charge in [-0.05, 0) is 36.2 Å². The van der Waals surface area contributed by atoms with Crippen LogP contribution >= 0.6 is 0 Å². The molecular formula is C16H18F2N2O. The summed E-state index contributed by atoms with van der Waals surface area (Å²) >= 11 is 0. The molecule has 5 heteroatoms. The maximum Gasteiger partial charge on any atom is 0.219 e. The van der Waals surface area contributed by atoms with Crippen molar-refractivity contribution in [1.82, 2.24) is 10.3 Å². The summed E-state index contributed by atoms with van der Waals surface area (Å²) in [6, 6.07) is 6.77. The Kier molecular flexibility index (Phi) is 5.22. The highest BCUT2D eigenvalue weighted by Gasteiger charge is 2.07. The van der Waals surface area contributed by atoms with Gasteiger partial charge in [0.1, 0.15) is 5.82 Å². The Labute approximate surface area is 123 Å². The molecule has 0 radical (unpaired) electrons. The second-order valence-corrected chi connectivity index (χ2v) is 5.20. The second kappa shape index (κ2) is 7.13. The van der Waals surface area contributed by atoms with Crippen LogP contribution in [0.25, 0.3) is 0 Å². The normalized spacial score (nSPS) is 10.9. The lowest BCUT2D eigenvalue weighted by Crippen LogP contribution is -2.18. The van der Waals surface area contributed by atoms with Gasteiger partial charge in [-0.15, -0.1) is 0 Å². The average Bonchev–Trinajstić information content (AvgIpc) is 2.42. The summed E-state index contributed by atoms with van der Waals surface area (Å²) in [5, 5.41) is 3.30. The highest BCUT2D eigenvalue weighted by molar-refractivity contribution is 5.30. The first-order valence-electron chi connectivity index (χ1n) is 6.83. The fraction of sp³-hybridized carbons (Fsp3) is 0.312. The zero-order valence-corrected chi connectivity index (χ0v) is 12.1. The summed E-state index contributed by atoms with van der Waals surface area (Å²) in [6.07, 6.45) is 1.60. The highest BCUT2D eigenvalue weighted by atomic mass is 19.1. The van der Waals surface area contributed by atoms with Crippen LogP contribution in [0.15, 0.2) is 36.5 Å². The molecule has 0 atom stereocenters. The summed E-state index contributed by atoms with van der Waals surface area (Å²) in [4.78, 5) is 4.03. The van der Waals surface area contributed by atoms with Crippen LogP contribution in [-0.2, 0) is 6.54 Å². The SMILES string of the molecule is CC(C)CNCc1ccnc(Oc2ccc(F)cc2F)c1. The van der Waals surface area contributed by atoms with Crippen LogP contribution in [0.1, 0.15) is 19.4 Å². The topological polar surface area (TPSA) is 34.2 Å². The standard InChI is InChI=1S/C16H18F2N2O/c1-11(2)9-19-10-12-5-6-20-16(7-12)21-15-4-3-13(17)8-14(15)18/h3-8,11,19H,9-10H2,1-2H3. The van der Waals surface area contributed by atoms with E-state index in [2.05, 4.69) is 24.1 Å². The second-order valence-electron chi connectivity index (χ2n) is 5.20. The molecule has 0 fully saturated rings. The number of pyridine rings is 1. The molecular weight excluding hydrogens is 274 g/mol. The molecule has 0 saturated heterocycles. The lowest BCUT2D eigenvalue weighted by Gasteiger charge is -2.09. The third-order valence-electron chi connectivity index (χ3n) is 2.79. The van der Waals surface area contributed by atoms with Gasteiger partial charge in [-0.25, -0.2) is 13.8 Å². The Morgan fingerprint density at radius 1 is 1.19 bits per heavy atom. The van der Waals surface area contributed by atoms with Crippen molar-refractivity contribution in [2.45, 2.75) is 20.4 Å². The van der Waals surface area contributed by atoms with Gasteiger partial charge in [-0.2, -0.15) is 0 Å². The first kappa shape index (κ1) is 15.4. The fourth-order valence-corrected chi connectivity index (χ4v) is 1.79. The minimum Gasteiger partial charge on any atom is -0.436 e. The van der Waals surface area contributed by atoms with Crippen molar-refractivity contribution in [2.24, 2.45) is 5.92 Å². The van der Waals surface area contributed by atoms with E-state index in [0.29, 0.717) is 12.5 Å². The molecule has 2 aromatic rings. The van der Waals surface area contributed by atoms with Crippen molar-refractivity contribution < 1.29 is 13.5 Å². The number of rotatable bonds is 6. The van der Waals surface area contributed by atoms with E-state index >= 15 is 0 Å². The minimum absolute atomic E-state index is 0.0452. The Bertz CT molecular complexity index is 603. The molecule has 0 unspecified atom stereocenters. The van der Waals surface area contributed by atoms with E-state index in [9.17, 15) is 8.78 Å². The van der Waals surface area contributed by atoms with Crippen molar-refractivity contribution in [3.63, 3.8) is 0 Å². The Balaban J connectivity index is 2.03. The number of nitrogens with one attached hydrogen (secondary N) is 1. The maximum absolute atomic E-state index is 13.5. The van der Waals surface area contributed by atoms with Crippen molar-refractivity contribution >= 4 is 0 Å². The average molecular weight is 292 g/mol. The predicted molar refractivity (Wildman–Crippen MR) is 77.2 cm³/mol. The molecule has 0 saturated carbocycles. The van der Waals surface area contributed by atoms with Crippen molar-refractivity contribution in [1.29, 1.82) is 0 Å². The zero-order chi connectivity index (χ0) is 15.2. The highest BCUT2D eigenvalue weighted by Crippen LogP contribution is 2.23. The fourth-order valence-electron chi connectivity index (χ4n) is 1.79. The first-order chi connectivity index (χ1) is 10.0. The molecule has 0 aliphatic rings. The van der Waals surface area contributed by atoms with Crippen LogP contribution < -0.4 is 10.1 Å². The summed E-state index contributed by atoms with van der Waals surface area (Å²) < 4.78 is 31.7. The van der Waals surface area contributed by atoms with Gasteiger partial charge in [-0.1, -0.05) is 13.8 Å². The maximum atomic E-state index is 13.5. The third-order valence-corrected chi connectivity index (χ3v) is 2.79. The number of halogens is 2. The quantitative estimate of drug-likeness (QED) is 0.877. The predicted octanol–water partition coefficient (Wildman–Crippen LogP) is 3.90. The van der Waals surface area contributed by atoms with Gasteiger partial charge >= 0.3 is 0 Å². The van der Waals surface area contributed by atoms with Crippen molar-refractivity contribution in [3.8, 4) is 11.6 Å². The monoisotopic (exact) mass is 292 g/mol. The Hall–Kier alpha value is -2.01. The van der Waals surface area contributed by atoms with Gasteiger partial charge < -0.3 is 10.1 Å². The lowest BCUT2D eigenvalue weighted by atomic mass is 10.2. The van der Waals surface area contributed by atoms with Crippen LogP contribution in [0.4, 0.5) is 8.78 Å². The number of ether oxygens (including phenoxy) is 1. The smallest absolute Gasteiger partial charge is 0.219 e. The Morgan fingerprint density at radius 2 is 2.00 bits per heavy atom. The van der Waals surface area contributed by atoms with Crippen LogP contribution in [0, 0.1) is 17.6 Å². The molecule has 0 aliphatic carbocycles. The van der Waals surface area contributed by atoms with Gasteiger partial charge in [-0.3, -0.25) is 0 Å². The molecule has 0 spiro atoms. The number of benzene rings is 1. The van der Waals surface area contributed by atoms with E-state index in [0.717, 1.165) is 24.2 Å². The van der Waals surface area contributed by atoms with Gasteiger partial charge in [0, 0.05) is 24.9 Å². The molecule has 0 bridgehead atoms. The molecule has 1 aromatic carbocycles. The molecule has 3 nitrogen and oxygen atoms in total. The summed E-state index contributed by atoms with van der Waals surface area (Å²) in [7, 11) is 0. The van der Waals surface area contributed by atoms with Crippen molar-refractivity contribution in [3.05, 3.63) is 53.7 Å². The number of aromatic nitrogens is 1. The molecule has 0 aliphatic heterocycles. The summed E-state index contributed by atoms with van der Waals surface area (Å²) in [5.74, 6) is -0.587. The molecule has 0 amide bonds. The van der Waals surface area contributed by atoms with Gasteiger partial charge in [0.05, 0.1) is 0 Å². The van der Waals surface area contributed by atoms with Crippen LogP contribution in [-0.4, -0.2) is 11.5 Å². The van der Waals surface area contributed by atoms with Gasteiger partial charge in [0.25, 0.3) is 0 Å². The molecule has 1 N–H and O–H groups in total. The van der Waals surface area contributed by atoms with E-state index in [1.165, 1.54) is 6.07 Å². The van der Waals surface area contributed by atoms with Crippen LogP contribution in [0.3, 0.4) is 0 Å². The van der Waals surface area contributed by atoms with E-state index in [-0.39, 0.29) is 11.6 Å². The lowest BCUT2D eigenvalue weighted by molar-refractivity contribution is 0.423. The van der Waals surface area contributed by atoms with E-state index in [4.69, 9.17) is 4.74 Å². The molecule has 112 valence electrons. The third kappa shape index (κ3) is 4.79. The molecule has 21 heavy (non-hydrogen) atoms. The van der Waals surface area contributed by atoms with Gasteiger partial charge in [0.2, 0.25) is 5.88 Å². The number of nitrogens with zero attached hydrogens (tertiary/aromatic N) is 1. The molecule has 1 aromatic heterocycles. The molecule has 2 rings (SSSR count). The minimum atomic E-state index is -0.750. The van der Waals surface area contributed by atoms with E-state index in [1.807, 2.05) is 6.07 Å². The van der Waals surface area contributed by atoms with Crippen molar-refractivity contribution in [2.75, 3.05) is 6.54 Å². The van der Waals surface area contributed by atoms with Crippen LogP contribution in [0.5, 0.6) is 11.6 Å². The van der Waals surface area contributed by atoms with E-state index < -0.39 is 11.6 Å². The van der Waals surface area contributed by atoms with E-state index in [1.54, 1.807) is 12.3 Å². The first-order valence-corrected chi connectivity index (χ1v) is 6.83. The molecule has 1 heterocycles. The zero-order valence-electron chi connectivity index (χ0n) is 12.1. The van der Waals surface area contributed by atoms with Gasteiger partial charge in [0.15, 0.2) is 11.6 Å². The van der Waals surface area contributed by atoms with Crippen LogP contribution in [0.2, 0.25) is 0 Å². The number of hydrogen-bond acceptors (Lipinski definition) is 3. The number of hydrogen-bond donors (Lipinski definition) is 1. The summed E-state index contributed by atoms with van der Waals surface area (Å²) in [6.45, 7) is 5.85. The Morgan fingerprint density at radius 3 is 2.71 bits per heavy atom. The largest absolute Gasteiger partial charge is 0.436 e.